The molecule has 0 amide bonds. The summed E-state index contributed by atoms with van der Waals surface area (Å²) in [6, 6.07) is 10.0. The quantitative estimate of drug-likeness (QED) is 0.646. The van der Waals surface area contributed by atoms with Crippen LogP contribution in [0.2, 0.25) is 0 Å². The Balaban J connectivity index is 1.96. The molecule has 0 aromatic heterocycles. The number of para-hydroxylation sites is 1. The highest BCUT2D eigenvalue weighted by atomic mass is 16.5. The fraction of sp³-hybridized carbons (Fsp3) is 0.385. The van der Waals surface area contributed by atoms with E-state index in [1.54, 1.807) is 0 Å². The van der Waals surface area contributed by atoms with Gasteiger partial charge >= 0.3 is 0 Å². The summed E-state index contributed by atoms with van der Waals surface area (Å²) in [6.45, 7) is 2.25. The largest absolute Gasteiger partial charge is 0.486 e. The van der Waals surface area contributed by atoms with Crippen molar-refractivity contribution in [3.05, 3.63) is 42.5 Å². The van der Waals surface area contributed by atoms with Crippen LogP contribution in [0.5, 0.6) is 5.75 Å². The third-order valence-electron chi connectivity index (χ3n) is 2.59. The maximum absolute atomic E-state index is 5.82. The molecule has 14 heavy (non-hydrogen) atoms. The smallest absolute Gasteiger partial charge is 0.120 e. The highest BCUT2D eigenvalue weighted by molar-refractivity contribution is 5.22. The molecule has 0 saturated carbocycles. The molecule has 0 saturated heterocycles. The van der Waals surface area contributed by atoms with E-state index in [0.717, 1.165) is 12.2 Å². The minimum absolute atomic E-state index is 0.272. The van der Waals surface area contributed by atoms with Crippen molar-refractivity contribution in [1.82, 2.24) is 0 Å². The molecule has 2 rings (SSSR count). The van der Waals surface area contributed by atoms with Gasteiger partial charge < -0.3 is 4.74 Å². The standard InChI is InChI=1S/C13H16O/c1-11-7-9-13(10-8-11)14-12-5-3-2-4-6-12/h2-7,9,11,13H,8,10H2,1H3. The average molecular weight is 188 g/mol. The summed E-state index contributed by atoms with van der Waals surface area (Å²) < 4.78 is 5.82. The molecule has 0 heterocycles. The highest BCUT2D eigenvalue weighted by Gasteiger charge is 2.13. The molecular formula is C13H16O. The van der Waals surface area contributed by atoms with E-state index in [-0.39, 0.29) is 6.10 Å². The first kappa shape index (κ1) is 9.32. The summed E-state index contributed by atoms with van der Waals surface area (Å²) in [5.41, 5.74) is 0. The molecule has 0 bridgehead atoms. The van der Waals surface area contributed by atoms with E-state index in [1.807, 2.05) is 30.3 Å². The predicted molar refractivity (Wildman–Crippen MR) is 58.4 cm³/mol. The van der Waals surface area contributed by atoms with Crippen LogP contribution in [0.25, 0.3) is 0 Å². The van der Waals surface area contributed by atoms with Crippen molar-refractivity contribution in [1.29, 1.82) is 0 Å². The normalized spacial score (nSPS) is 26.1. The van der Waals surface area contributed by atoms with Gasteiger partial charge in [-0.25, -0.2) is 0 Å². The second-order valence-corrected chi connectivity index (χ2v) is 3.91. The number of hydrogen-bond acceptors (Lipinski definition) is 1. The first-order valence-corrected chi connectivity index (χ1v) is 5.24. The molecule has 2 unspecified atom stereocenters. The third kappa shape index (κ3) is 2.38. The van der Waals surface area contributed by atoms with Crippen molar-refractivity contribution in [2.24, 2.45) is 5.92 Å². The van der Waals surface area contributed by atoms with Crippen molar-refractivity contribution in [3.8, 4) is 5.75 Å². The number of allylic oxidation sites excluding steroid dienone is 1. The Hall–Kier alpha value is -1.24. The fourth-order valence-corrected chi connectivity index (χ4v) is 1.71. The summed E-state index contributed by atoms with van der Waals surface area (Å²) in [6.07, 6.45) is 7.06. The lowest BCUT2D eigenvalue weighted by Crippen LogP contribution is -2.18. The van der Waals surface area contributed by atoms with Crippen molar-refractivity contribution in [2.45, 2.75) is 25.9 Å². The number of benzene rings is 1. The Kier molecular flexibility index (Phi) is 2.87. The van der Waals surface area contributed by atoms with E-state index in [9.17, 15) is 0 Å². The Morgan fingerprint density at radius 1 is 1.07 bits per heavy atom. The Labute approximate surface area is 85.4 Å². The van der Waals surface area contributed by atoms with Gasteiger partial charge in [0, 0.05) is 0 Å². The van der Waals surface area contributed by atoms with Crippen LogP contribution < -0.4 is 4.74 Å². The van der Waals surface area contributed by atoms with Gasteiger partial charge in [-0.2, -0.15) is 0 Å². The van der Waals surface area contributed by atoms with Gasteiger partial charge in [0.25, 0.3) is 0 Å². The van der Waals surface area contributed by atoms with Crippen LogP contribution in [0.3, 0.4) is 0 Å². The minimum Gasteiger partial charge on any atom is -0.486 e. The van der Waals surface area contributed by atoms with Gasteiger partial charge in [-0.15, -0.1) is 0 Å². The van der Waals surface area contributed by atoms with Gasteiger partial charge in [0.1, 0.15) is 11.9 Å². The van der Waals surface area contributed by atoms with Crippen LogP contribution in [0.1, 0.15) is 19.8 Å². The third-order valence-corrected chi connectivity index (χ3v) is 2.59. The van der Waals surface area contributed by atoms with E-state index in [0.29, 0.717) is 5.92 Å². The first-order chi connectivity index (χ1) is 6.84. The van der Waals surface area contributed by atoms with Crippen LogP contribution in [0.4, 0.5) is 0 Å². The lowest BCUT2D eigenvalue weighted by molar-refractivity contribution is 0.221. The van der Waals surface area contributed by atoms with Crippen LogP contribution >= 0.6 is 0 Å². The predicted octanol–water partition coefficient (Wildman–Crippen LogP) is 3.42. The molecular weight excluding hydrogens is 172 g/mol. The zero-order valence-corrected chi connectivity index (χ0v) is 8.52. The van der Waals surface area contributed by atoms with Crippen LogP contribution in [0.15, 0.2) is 42.5 Å². The number of rotatable bonds is 2. The van der Waals surface area contributed by atoms with Gasteiger partial charge in [0.2, 0.25) is 0 Å². The molecule has 0 fully saturated rings. The van der Waals surface area contributed by atoms with Crippen LogP contribution in [-0.4, -0.2) is 6.10 Å². The SMILES string of the molecule is CC1C=CC(Oc2ccccc2)CC1. The van der Waals surface area contributed by atoms with E-state index < -0.39 is 0 Å². The van der Waals surface area contributed by atoms with Crippen LogP contribution in [-0.2, 0) is 0 Å². The van der Waals surface area contributed by atoms with E-state index in [2.05, 4.69) is 19.1 Å². The highest BCUT2D eigenvalue weighted by Crippen LogP contribution is 2.21. The van der Waals surface area contributed by atoms with Crippen molar-refractivity contribution < 1.29 is 4.74 Å². The van der Waals surface area contributed by atoms with E-state index >= 15 is 0 Å². The molecule has 1 heteroatoms. The zero-order valence-electron chi connectivity index (χ0n) is 8.52. The molecule has 0 aliphatic heterocycles. The molecule has 0 spiro atoms. The molecule has 1 aliphatic rings. The van der Waals surface area contributed by atoms with Gasteiger partial charge in [0.05, 0.1) is 0 Å². The maximum Gasteiger partial charge on any atom is 0.120 e. The van der Waals surface area contributed by atoms with E-state index in [1.165, 1.54) is 6.42 Å². The topological polar surface area (TPSA) is 9.23 Å². The zero-order chi connectivity index (χ0) is 9.80. The fourth-order valence-electron chi connectivity index (χ4n) is 1.71. The molecule has 0 N–H and O–H groups in total. The molecule has 2 atom stereocenters. The molecule has 74 valence electrons. The average Bonchev–Trinajstić information content (AvgIpc) is 2.23. The molecule has 1 aliphatic carbocycles. The van der Waals surface area contributed by atoms with Gasteiger partial charge in [-0.1, -0.05) is 31.2 Å². The summed E-state index contributed by atoms with van der Waals surface area (Å²) in [7, 11) is 0. The Bertz CT molecular complexity index is 302. The molecule has 0 radical (unpaired) electrons. The van der Waals surface area contributed by atoms with Crippen molar-refractivity contribution >= 4 is 0 Å². The Morgan fingerprint density at radius 3 is 2.50 bits per heavy atom. The van der Waals surface area contributed by atoms with Crippen molar-refractivity contribution in [2.75, 3.05) is 0 Å². The van der Waals surface area contributed by atoms with Crippen molar-refractivity contribution in [3.63, 3.8) is 0 Å². The molecule has 1 nitrogen and oxygen atoms in total. The van der Waals surface area contributed by atoms with Gasteiger partial charge in [-0.3, -0.25) is 0 Å². The molecule has 1 aromatic rings. The lowest BCUT2D eigenvalue weighted by atomic mass is 9.96. The van der Waals surface area contributed by atoms with Crippen LogP contribution in [0, 0.1) is 5.92 Å². The van der Waals surface area contributed by atoms with E-state index in [4.69, 9.17) is 4.74 Å². The maximum atomic E-state index is 5.82. The number of ether oxygens (including phenoxy) is 1. The second-order valence-electron chi connectivity index (χ2n) is 3.91. The summed E-state index contributed by atoms with van der Waals surface area (Å²) in [4.78, 5) is 0. The summed E-state index contributed by atoms with van der Waals surface area (Å²) >= 11 is 0. The van der Waals surface area contributed by atoms with Gasteiger partial charge in [-0.05, 0) is 37.0 Å². The monoisotopic (exact) mass is 188 g/mol. The molecule has 1 aromatic carbocycles. The second kappa shape index (κ2) is 4.32. The Morgan fingerprint density at radius 2 is 1.86 bits per heavy atom. The van der Waals surface area contributed by atoms with Gasteiger partial charge in [0.15, 0.2) is 0 Å². The minimum atomic E-state index is 0.272. The lowest BCUT2D eigenvalue weighted by Gasteiger charge is -2.21. The summed E-state index contributed by atoms with van der Waals surface area (Å²) in [5, 5.41) is 0. The first-order valence-electron chi connectivity index (χ1n) is 5.24. The summed E-state index contributed by atoms with van der Waals surface area (Å²) in [5.74, 6) is 1.68. The number of hydrogen-bond donors (Lipinski definition) is 0.